The van der Waals surface area contributed by atoms with Gasteiger partial charge in [-0.1, -0.05) is 6.07 Å². The lowest BCUT2D eigenvalue weighted by atomic mass is 10.1. The number of benzene rings is 1. The predicted octanol–water partition coefficient (Wildman–Crippen LogP) is 1.93. The van der Waals surface area contributed by atoms with Crippen molar-refractivity contribution in [3.8, 4) is 5.75 Å². The summed E-state index contributed by atoms with van der Waals surface area (Å²) >= 11 is 0. The molecule has 3 rings (SSSR count). The first-order chi connectivity index (χ1) is 8.79. The molecule has 1 aromatic carbocycles. The van der Waals surface area contributed by atoms with Crippen LogP contribution in [0.15, 0.2) is 18.2 Å². The minimum absolute atomic E-state index is 0.530. The summed E-state index contributed by atoms with van der Waals surface area (Å²) < 4.78 is 5.26. The van der Waals surface area contributed by atoms with Crippen molar-refractivity contribution in [3.63, 3.8) is 0 Å². The predicted molar refractivity (Wildman–Crippen MR) is 74.0 cm³/mol. The van der Waals surface area contributed by atoms with Gasteiger partial charge in [-0.2, -0.15) is 0 Å². The molecule has 4 nitrogen and oxygen atoms in total. The molecule has 2 fully saturated rings. The Morgan fingerprint density at radius 2 is 2.22 bits per heavy atom. The first-order valence-electron chi connectivity index (χ1n) is 6.72. The zero-order valence-electron chi connectivity index (χ0n) is 10.9. The fraction of sp³-hybridized carbons (Fsp3) is 0.571. The summed E-state index contributed by atoms with van der Waals surface area (Å²) in [5.41, 5.74) is 7.83. The number of nitrogens with zero attached hydrogens (tertiary/aromatic N) is 1. The third kappa shape index (κ3) is 1.90. The lowest BCUT2D eigenvalue weighted by Gasteiger charge is -2.23. The maximum absolute atomic E-state index is 6.11. The van der Waals surface area contributed by atoms with Gasteiger partial charge >= 0.3 is 0 Å². The van der Waals surface area contributed by atoms with Crippen molar-refractivity contribution in [3.05, 3.63) is 18.2 Å². The van der Waals surface area contributed by atoms with Gasteiger partial charge in [0.25, 0.3) is 0 Å². The Kier molecular flexibility index (Phi) is 3.04. The number of para-hydroxylation sites is 1. The van der Waals surface area contributed by atoms with Gasteiger partial charge in [-0.05, 0) is 37.9 Å². The molecule has 98 valence electrons. The molecule has 18 heavy (non-hydrogen) atoms. The van der Waals surface area contributed by atoms with Gasteiger partial charge in [-0.3, -0.25) is 4.90 Å². The third-order valence-electron chi connectivity index (χ3n) is 4.23. The van der Waals surface area contributed by atoms with E-state index in [-0.39, 0.29) is 0 Å². The molecule has 2 aliphatic rings. The van der Waals surface area contributed by atoms with Crippen LogP contribution in [0.5, 0.6) is 5.75 Å². The van der Waals surface area contributed by atoms with E-state index in [4.69, 9.17) is 10.5 Å². The second-order valence-corrected chi connectivity index (χ2v) is 5.21. The standard InChI is InChI=1S/C14H21N3O/c1-18-13-6-2-4-11(14(13)15)16-10-7-9-17-8-3-5-12(10)17/h2,4,6,10,12,16H,3,5,7-9,15H2,1H3. The summed E-state index contributed by atoms with van der Waals surface area (Å²) in [6.45, 7) is 2.47. The molecule has 2 unspecified atom stereocenters. The molecule has 0 aromatic heterocycles. The quantitative estimate of drug-likeness (QED) is 0.801. The summed E-state index contributed by atoms with van der Waals surface area (Å²) in [7, 11) is 1.66. The molecule has 0 aliphatic carbocycles. The molecule has 2 heterocycles. The van der Waals surface area contributed by atoms with E-state index in [1.807, 2.05) is 18.2 Å². The zero-order valence-corrected chi connectivity index (χ0v) is 10.9. The number of nitrogens with one attached hydrogen (secondary N) is 1. The molecule has 3 N–H and O–H groups in total. The van der Waals surface area contributed by atoms with Crippen molar-refractivity contribution in [1.29, 1.82) is 0 Å². The van der Waals surface area contributed by atoms with Crippen molar-refractivity contribution in [2.45, 2.75) is 31.3 Å². The molecule has 2 aliphatic heterocycles. The molecular formula is C14H21N3O. The largest absolute Gasteiger partial charge is 0.495 e. The molecular weight excluding hydrogens is 226 g/mol. The highest BCUT2D eigenvalue weighted by molar-refractivity contribution is 5.73. The van der Waals surface area contributed by atoms with Crippen LogP contribution in [-0.4, -0.2) is 37.2 Å². The molecule has 2 saturated heterocycles. The number of nitrogens with two attached hydrogens (primary N) is 1. The maximum atomic E-state index is 6.11. The summed E-state index contributed by atoms with van der Waals surface area (Å²) in [6.07, 6.45) is 3.85. The number of nitrogen functional groups attached to an aromatic ring is 1. The van der Waals surface area contributed by atoms with Crippen LogP contribution in [-0.2, 0) is 0 Å². The first-order valence-corrected chi connectivity index (χ1v) is 6.72. The van der Waals surface area contributed by atoms with Gasteiger partial charge in [0, 0.05) is 18.6 Å². The molecule has 0 bridgehead atoms. The normalized spacial score (nSPS) is 27.2. The van der Waals surface area contributed by atoms with E-state index >= 15 is 0 Å². The number of methoxy groups -OCH3 is 1. The van der Waals surface area contributed by atoms with Crippen LogP contribution >= 0.6 is 0 Å². The highest BCUT2D eigenvalue weighted by Gasteiger charge is 2.37. The second kappa shape index (κ2) is 4.69. The van der Waals surface area contributed by atoms with Gasteiger partial charge in [0.1, 0.15) is 5.75 Å². The van der Waals surface area contributed by atoms with E-state index < -0.39 is 0 Å². The highest BCUT2D eigenvalue weighted by Crippen LogP contribution is 2.34. The van der Waals surface area contributed by atoms with E-state index in [2.05, 4.69) is 10.2 Å². The molecule has 0 spiro atoms. The summed E-state index contributed by atoms with van der Waals surface area (Å²) in [4.78, 5) is 2.59. The van der Waals surface area contributed by atoms with E-state index in [0.29, 0.717) is 12.1 Å². The SMILES string of the molecule is COc1cccc(NC2CCN3CCCC23)c1N. The Labute approximate surface area is 108 Å². The Morgan fingerprint density at radius 1 is 1.33 bits per heavy atom. The van der Waals surface area contributed by atoms with E-state index in [1.54, 1.807) is 7.11 Å². The zero-order chi connectivity index (χ0) is 12.5. The number of fused-ring (bicyclic) bond motifs is 1. The van der Waals surface area contributed by atoms with Crippen LogP contribution in [0.3, 0.4) is 0 Å². The smallest absolute Gasteiger partial charge is 0.143 e. The number of anilines is 2. The van der Waals surface area contributed by atoms with Gasteiger partial charge in [0.15, 0.2) is 0 Å². The highest BCUT2D eigenvalue weighted by atomic mass is 16.5. The topological polar surface area (TPSA) is 50.5 Å². The first kappa shape index (κ1) is 11.7. The van der Waals surface area contributed by atoms with Crippen molar-refractivity contribution in [2.75, 3.05) is 31.2 Å². The van der Waals surface area contributed by atoms with Crippen LogP contribution in [0.25, 0.3) is 0 Å². The monoisotopic (exact) mass is 247 g/mol. The fourth-order valence-electron chi connectivity index (χ4n) is 3.30. The minimum atomic E-state index is 0.530. The average molecular weight is 247 g/mol. The number of hydrogen-bond donors (Lipinski definition) is 2. The Balaban J connectivity index is 1.76. The molecule has 1 aromatic rings. The number of rotatable bonds is 3. The number of ether oxygens (including phenoxy) is 1. The van der Waals surface area contributed by atoms with Gasteiger partial charge < -0.3 is 15.8 Å². The second-order valence-electron chi connectivity index (χ2n) is 5.21. The van der Waals surface area contributed by atoms with Gasteiger partial charge in [0.05, 0.1) is 18.5 Å². The van der Waals surface area contributed by atoms with Gasteiger partial charge in [0.2, 0.25) is 0 Å². The lowest BCUT2D eigenvalue weighted by molar-refractivity contribution is 0.318. The van der Waals surface area contributed by atoms with E-state index in [1.165, 1.54) is 32.4 Å². The maximum Gasteiger partial charge on any atom is 0.143 e. The molecule has 0 amide bonds. The van der Waals surface area contributed by atoms with Gasteiger partial charge in [-0.15, -0.1) is 0 Å². The number of hydrogen-bond acceptors (Lipinski definition) is 4. The van der Waals surface area contributed by atoms with E-state index in [9.17, 15) is 0 Å². The third-order valence-corrected chi connectivity index (χ3v) is 4.23. The summed E-state index contributed by atoms with van der Waals surface area (Å²) in [5, 5.41) is 3.61. The summed E-state index contributed by atoms with van der Waals surface area (Å²) in [5.74, 6) is 0.751. The lowest BCUT2D eigenvalue weighted by Crippen LogP contribution is -2.33. The Morgan fingerprint density at radius 3 is 3.06 bits per heavy atom. The minimum Gasteiger partial charge on any atom is -0.495 e. The molecule has 0 saturated carbocycles. The Hall–Kier alpha value is -1.42. The van der Waals surface area contributed by atoms with Crippen LogP contribution in [0.4, 0.5) is 11.4 Å². The van der Waals surface area contributed by atoms with Gasteiger partial charge in [-0.25, -0.2) is 0 Å². The van der Waals surface area contributed by atoms with Crippen LogP contribution in [0.2, 0.25) is 0 Å². The van der Waals surface area contributed by atoms with Crippen molar-refractivity contribution in [1.82, 2.24) is 4.90 Å². The molecule has 2 atom stereocenters. The Bertz CT molecular complexity index is 435. The average Bonchev–Trinajstić information content (AvgIpc) is 2.96. The van der Waals surface area contributed by atoms with E-state index in [0.717, 1.165) is 17.1 Å². The van der Waals surface area contributed by atoms with Crippen molar-refractivity contribution >= 4 is 11.4 Å². The van der Waals surface area contributed by atoms with Crippen LogP contribution in [0.1, 0.15) is 19.3 Å². The van der Waals surface area contributed by atoms with Crippen LogP contribution in [0, 0.1) is 0 Å². The fourth-order valence-corrected chi connectivity index (χ4v) is 3.30. The van der Waals surface area contributed by atoms with Crippen molar-refractivity contribution in [2.24, 2.45) is 0 Å². The summed E-state index contributed by atoms with van der Waals surface area (Å²) in [6, 6.07) is 7.14. The molecule has 4 heteroatoms. The van der Waals surface area contributed by atoms with Crippen LogP contribution < -0.4 is 15.8 Å². The van der Waals surface area contributed by atoms with Crippen molar-refractivity contribution < 1.29 is 4.74 Å². The molecule has 0 radical (unpaired) electrons.